The number of ketones is 1. The van der Waals surface area contributed by atoms with Crippen molar-refractivity contribution in [3.63, 3.8) is 0 Å². The minimum atomic E-state index is -4.45. The van der Waals surface area contributed by atoms with Crippen molar-refractivity contribution in [1.82, 2.24) is 0 Å². The molecule has 0 N–H and O–H groups in total. The van der Waals surface area contributed by atoms with Crippen LogP contribution in [0.4, 0.5) is 13.2 Å². The molecule has 1 unspecified atom stereocenters. The number of halogens is 5. The predicted molar refractivity (Wildman–Crippen MR) is 63.8 cm³/mol. The topological polar surface area (TPSA) is 17.1 Å². The third kappa shape index (κ3) is 3.35. The van der Waals surface area contributed by atoms with Crippen LogP contribution in [0.5, 0.6) is 0 Å². The molecule has 0 heterocycles. The zero-order valence-electron chi connectivity index (χ0n) is 8.11. The molecule has 6 heteroatoms. The van der Waals surface area contributed by atoms with Crippen LogP contribution in [0.3, 0.4) is 0 Å². The van der Waals surface area contributed by atoms with Gasteiger partial charge in [-0.2, -0.15) is 13.2 Å². The molecule has 0 bridgehead atoms. The number of carbonyl (C=O) groups is 1. The summed E-state index contributed by atoms with van der Waals surface area (Å²) in [6.45, 7) is 1.43. The molecule has 0 radical (unpaired) electrons. The van der Waals surface area contributed by atoms with Crippen molar-refractivity contribution in [2.75, 3.05) is 0 Å². The fourth-order valence-corrected chi connectivity index (χ4v) is 1.92. The van der Waals surface area contributed by atoms with Crippen LogP contribution in [0, 0.1) is 3.57 Å². The molecule has 0 amide bonds. The highest BCUT2D eigenvalue weighted by Crippen LogP contribution is 2.31. The lowest BCUT2D eigenvalue weighted by atomic mass is 10.1. The second kappa shape index (κ2) is 4.91. The van der Waals surface area contributed by atoms with Gasteiger partial charge in [0.1, 0.15) is 0 Å². The first kappa shape index (κ1) is 13.8. The number of Topliss-reactive ketones (excluding diaryl/α,β-unsaturated/α-hetero) is 1. The van der Waals surface area contributed by atoms with Crippen molar-refractivity contribution in [3.8, 4) is 0 Å². The molecule has 1 aromatic rings. The highest BCUT2D eigenvalue weighted by atomic mass is 127. The van der Waals surface area contributed by atoms with Gasteiger partial charge in [0.05, 0.1) is 10.9 Å². The average Bonchev–Trinajstić information content (AvgIpc) is 2.14. The van der Waals surface area contributed by atoms with Gasteiger partial charge in [-0.15, -0.1) is 11.6 Å². The van der Waals surface area contributed by atoms with Crippen molar-refractivity contribution < 1.29 is 18.0 Å². The van der Waals surface area contributed by atoms with Gasteiger partial charge < -0.3 is 0 Å². The van der Waals surface area contributed by atoms with Gasteiger partial charge in [0.15, 0.2) is 5.78 Å². The highest BCUT2D eigenvalue weighted by Gasteiger charge is 2.31. The fraction of sp³-hybridized carbons (Fsp3) is 0.300. The third-order valence-electron chi connectivity index (χ3n) is 1.87. The van der Waals surface area contributed by atoms with Crippen molar-refractivity contribution in [2.24, 2.45) is 0 Å². The van der Waals surface area contributed by atoms with Crippen LogP contribution in [0.2, 0.25) is 0 Å². The maximum absolute atomic E-state index is 12.5. The van der Waals surface area contributed by atoms with Crippen LogP contribution in [0.1, 0.15) is 22.8 Å². The number of benzene rings is 1. The first-order valence-electron chi connectivity index (χ1n) is 4.28. The molecule has 0 fully saturated rings. The molecule has 16 heavy (non-hydrogen) atoms. The van der Waals surface area contributed by atoms with Crippen LogP contribution < -0.4 is 0 Å². The van der Waals surface area contributed by atoms with E-state index in [0.717, 1.165) is 12.1 Å². The number of hydrogen-bond donors (Lipinski definition) is 0. The largest absolute Gasteiger partial charge is 0.416 e. The average molecular weight is 363 g/mol. The van der Waals surface area contributed by atoms with E-state index < -0.39 is 22.9 Å². The molecule has 0 saturated heterocycles. The minimum Gasteiger partial charge on any atom is -0.293 e. The summed E-state index contributed by atoms with van der Waals surface area (Å²) in [5.74, 6) is -0.509. The summed E-state index contributed by atoms with van der Waals surface area (Å²) in [4.78, 5) is 11.5. The second-order valence-corrected chi connectivity index (χ2v) is 5.11. The molecule has 0 aliphatic carbocycles. The molecule has 0 aliphatic rings. The summed E-state index contributed by atoms with van der Waals surface area (Å²) in [7, 11) is 0. The Morgan fingerprint density at radius 2 is 1.94 bits per heavy atom. The number of carbonyl (C=O) groups excluding carboxylic acids is 1. The normalized spacial score (nSPS) is 13.6. The third-order valence-corrected chi connectivity index (χ3v) is 2.69. The smallest absolute Gasteiger partial charge is 0.293 e. The van der Waals surface area contributed by atoms with E-state index in [1.807, 2.05) is 0 Å². The molecule has 0 spiro atoms. The lowest BCUT2D eigenvalue weighted by Crippen LogP contribution is -2.13. The summed E-state index contributed by atoms with van der Waals surface area (Å²) in [6.07, 6.45) is -4.45. The van der Waals surface area contributed by atoms with Gasteiger partial charge in [0, 0.05) is 9.13 Å². The lowest BCUT2D eigenvalue weighted by molar-refractivity contribution is -0.137. The van der Waals surface area contributed by atoms with E-state index in [4.69, 9.17) is 11.6 Å². The zero-order valence-corrected chi connectivity index (χ0v) is 11.0. The summed E-state index contributed by atoms with van der Waals surface area (Å²) in [6, 6.07) is 3.19. The van der Waals surface area contributed by atoms with E-state index in [2.05, 4.69) is 0 Å². The van der Waals surface area contributed by atoms with Crippen molar-refractivity contribution in [1.29, 1.82) is 0 Å². The van der Waals surface area contributed by atoms with E-state index in [0.29, 0.717) is 3.57 Å². The van der Waals surface area contributed by atoms with Gasteiger partial charge in [-0.25, -0.2) is 0 Å². The maximum atomic E-state index is 12.5. The summed E-state index contributed by atoms with van der Waals surface area (Å²) in [5.41, 5.74) is -0.846. The Bertz CT molecular complexity index is 415. The Morgan fingerprint density at radius 3 is 2.38 bits per heavy atom. The second-order valence-electron chi connectivity index (χ2n) is 3.21. The maximum Gasteiger partial charge on any atom is 0.416 e. The van der Waals surface area contributed by atoms with Gasteiger partial charge >= 0.3 is 6.18 Å². The SMILES string of the molecule is CC(Cl)C(=O)c1cc(I)cc(C(F)(F)F)c1. The quantitative estimate of drug-likeness (QED) is 0.439. The number of alkyl halides is 4. The molecule has 0 saturated carbocycles. The van der Waals surface area contributed by atoms with Gasteiger partial charge in [0.2, 0.25) is 0 Å². The Hall–Kier alpha value is -0.300. The van der Waals surface area contributed by atoms with Crippen molar-refractivity contribution >= 4 is 40.0 Å². The van der Waals surface area contributed by atoms with E-state index in [1.54, 1.807) is 22.6 Å². The van der Waals surface area contributed by atoms with Gasteiger partial charge in [-0.3, -0.25) is 4.79 Å². The molecule has 1 aromatic carbocycles. The van der Waals surface area contributed by atoms with Crippen LogP contribution in [0.25, 0.3) is 0 Å². The van der Waals surface area contributed by atoms with E-state index in [1.165, 1.54) is 13.0 Å². The molecule has 0 aromatic heterocycles. The predicted octanol–water partition coefficient (Wildman–Crippen LogP) is 4.12. The molecule has 1 atom stereocenters. The number of rotatable bonds is 2. The molecule has 0 aliphatic heterocycles. The van der Waals surface area contributed by atoms with Gasteiger partial charge in [-0.1, -0.05) is 0 Å². The number of hydrogen-bond acceptors (Lipinski definition) is 1. The van der Waals surface area contributed by atoms with E-state index in [-0.39, 0.29) is 5.56 Å². The van der Waals surface area contributed by atoms with Crippen molar-refractivity contribution in [3.05, 3.63) is 32.9 Å². The summed E-state index contributed by atoms with van der Waals surface area (Å²) in [5, 5.41) is -0.834. The van der Waals surface area contributed by atoms with Crippen LogP contribution >= 0.6 is 34.2 Å². The van der Waals surface area contributed by atoms with Gasteiger partial charge in [-0.05, 0) is 47.7 Å². The van der Waals surface area contributed by atoms with E-state index >= 15 is 0 Å². The molecular formula is C10H7ClF3IO. The molecule has 1 nitrogen and oxygen atoms in total. The fourth-order valence-electron chi connectivity index (χ4n) is 1.13. The van der Waals surface area contributed by atoms with Crippen LogP contribution in [-0.2, 0) is 6.18 Å². The summed E-state index contributed by atoms with van der Waals surface area (Å²) >= 11 is 7.28. The molecule has 88 valence electrons. The first-order valence-corrected chi connectivity index (χ1v) is 5.79. The monoisotopic (exact) mass is 362 g/mol. The zero-order chi connectivity index (χ0) is 12.5. The van der Waals surface area contributed by atoms with Crippen molar-refractivity contribution in [2.45, 2.75) is 18.5 Å². The molecular weight excluding hydrogens is 355 g/mol. The Kier molecular flexibility index (Phi) is 4.23. The summed E-state index contributed by atoms with van der Waals surface area (Å²) < 4.78 is 37.7. The van der Waals surface area contributed by atoms with E-state index in [9.17, 15) is 18.0 Å². The first-order chi connectivity index (χ1) is 7.21. The standard InChI is InChI=1S/C10H7ClF3IO/c1-5(11)9(16)6-2-7(10(12,13)14)4-8(15)3-6/h2-5H,1H3. The van der Waals surface area contributed by atoms with Crippen LogP contribution in [0.15, 0.2) is 18.2 Å². The Morgan fingerprint density at radius 1 is 1.38 bits per heavy atom. The Balaban J connectivity index is 3.24. The van der Waals surface area contributed by atoms with Crippen LogP contribution in [-0.4, -0.2) is 11.2 Å². The molecule has 1 rings (SSSR count). The Labute approximate surface area is 109 Å². The highest BCUT2D eigenvalue weighted by molar-refractivity contribution is 14.1. The lowest BCUT2D eigenvalue weighted by Gasteiger charge is -2.10. The van der Waals surface area contributed by atoms with Gasteiger partial charge in [0.25, 0.3) is 0 Å². The minimum absolute atomic E-state index is 0.0123.